The lowest BCUT2D eigenvalue weighted by atomic mass is 9.99. The number of aromatic nitrogens is 5. The molecular weight excluding hydrogens is 329 g/mol. The first kappa shape index (κ1) is 16.2. The van der Waals surface area contributed by atoms with Gasteiger partial charge in [0.05, 0.1) is 12.5 Å². The van der Waals surface area contributed by atoms with Gasteiger partial charge in [0.2, 0.25) is 5.13 Å². The van der Waals surface area contributed by atoms with E-state index in [1.807, 2.05) is 18.9 Å². The van der Waals surface area contributed by atoms with Crippen LogP contribution in [0, 0.1) is 5.92 Å². The van der Waals surface area contributed by atoms with Gasteiger partial charge in [0, 0.05) is 38.0 Å². The van der Waals surface area contributed by atoms with Crippen LogP contribution in [0.2, 0.25) is 0 Å². The number of rotatable bonds is 4. The van der Waals surface area contributed by atoms with Gasteiger partial charge in [-0.2, -0.15) is 17.5 Å². The molecular formula is C13H17F3N6S. The van der Waals surface area contributed by atoms with Crippen molar-refractivity contribution < 1.29 is 13.2 Å². The largest absolute Gasteiger partial charge is 0.393 e. The number of halogens is 3. The third-order valence-electron chi connectivity index (χ3n) is 3.97. The minimum Gasteiger partial charge on any atom is -0.342 e. The number of nitrogens with zero attached hydrogens (tertiary/aromatic N) is 6. The third-order valence-corrected chi connectivity index (χ3v) is 4.83. The number of aryl methyl sites for hydroxylation is 2. The smallest absolute Gasteiger partial charge is 0.342 e. The van der Waals surface area contributed by atoms with E-state index in [0.29, 0.717) is 24.6 Å². The topological polar surface area (TPSA) is 59.7 Å². The Morgan fingerprint density at radius 3 is 2.78 bits per heavy atom. The molecule has 126 valence electrons. The van der Waals surface area contributed by atoms with Crippen LogP contribution in [0.15, 0.2) is 0 Å². The first-order chi connectivity index (χ1) is 10.9. The van der Waals surface area contributed by atoms with Gasteiger partial charge in [0.25, 0.3) is 0 Å². The zero-order valence-electron chi connectivity index (χ0n) is 12.8. The average molecular weight is 346 g/mol. The van der Waals surface area contributed by atoms with Crippen molar-refractivity contribution in [1.29, 1.82) is 0 Å². The van der Waals surface area contributed by atoms with E-state index < -0.39 is 12.1 Å². The molecule has 0 aliphatic carbocycles. The van der Waals surface area contributed by atoms with Crippen molar-refractivity contribution in [2.45, 2.75) is 45.5 Å². The first-order valence-electron chi connectivity index (χ1n) is 7.40. The highest BCUT2D eigenvalue weighted by atomic mass is 32.1. The number of alkyl halides is 3. The van der Waals surface area contributed by atoms with Gasteiger partial charge in [-0.3, -0.25) is 0 Å². The zero-order chi connectivity index (χ0) is 16.6. The summed E-state index contributed by atoms with van der Waals surface area (Å²) in [5, 5.41) is 8.82. The van der Waals surface area contributed by atoms with Gasteiger partial charge in [-0.25, -0.2) is 4.98 Å². The van der Waals surface area contributed by atoms with Crippen LogP contribution < -0.4 is 4.90 Å². The molecule has 1 atom stereocenters. The van der Waals surface area contributed by atoms with E-state index in [2.05, 4.69) is 19.6 Å². The highest BCUT2D eigenvalue weighted by Crippen LogP contribution is 2.34. The maximum Gasteiger partial charge on any atom is 0.393 e. The van der Waals surface area contributed by atoms with E-state index in [1.54, 1.807) is 4.57 Å². The molecule has 0 aromatic carbocycles. The molecule has 0 amide bonds. The molecule has 0 saturated carbocycles. The summed E-state index contributed by atoms with van der Waals surface area (Å²) < 4.78 is 44.7. The van der Waals surface area contributed by atoms with Crippen molar-refractivity contribution >= 4 is 16.7 Å². The maximum absolute atomic E-state index is 13.0. The SMILES string of the molecule is CCc1nsc(N(C)Cc2nnc3n2CC(C(F)(F)F)CC3)n1. The first-order valence-corrected chi connectivity index (χ1v) is 8.17. The van der Waals surface area contributed by atoms with Gasteiger partial charge < -0.3 is 9.47 Å². The lowest BCUT2D eigenvalue weighted by Gasteiger charge is -2.26. The maximum atomic E-state index is 13.0. The van der Waals surface area contributed by atoms with Crippen LogP contribution in [0.3, 0.4) is 0 Å². The third kappa shape index (κ3) is 3.31. The summed E-state index contributed by atoms with van der Waals surface area (Å²) in [5.74, 6) is 0.589. The fourth-order valence-corrected chi connectivity index (χ4v) is 3.30. The molecule has 0 fully saturated rings. The average Bonchev–Trinajstić information content (AvgIpc) is 3.13. The number of fused-ring (bicyclic) bond motifs is 1. The summed E-state index contributed by atoms with van der Waals surface area (Å²) in [7, 11) is 1.83. The molecule has 6 nitrogen and oxygen atoms in total. The van der Waals surface area contributed by atoms with E-state index in [4.69, 9.17) is 0 Å². The molecule has 0 spiro atoms. The van der Waals surface area contributed by atoms with E-state index in [0.717, 1.165) is 17.4 Å². The van der Waals surface area contributed by atoms with E-state index in [9.17, 15) is 13.2 Å². The normalized spacial score (nSPS) is 18.0. The van der Waals surface area contributed by atoms with Gasteiger partial charge in [-0.05, 0) is 6.42 Å². The number of hydrogen-bond acceptors (Lipinski definition) is 6. The summed E-state index contributed by atoms with van der Waals surface area (Å²) in [6, 6.07) is 0. The number of anilines is 1. The predicted molar refractivity (Wildman–Crippen MR) is 79.3 cm³/mol. The summed E-state index contributed by atoms with van der Waals surface area (Å²) in [5.41, 5.74) is 0. The Balaban J connectivity index is 1.76. The van der Waals surface area contributed by atoms with Crippen LogP contribution in [-0.4, -0.2) is 37.3 Å². The Kier molecular flexibility index (Phi) is 4.26. The van der Waals surface area contributed by atoms with Crippen LogP contribution in [-0.2, 0) is 25.9 Å². The molecule has 0 radical (unpaired) electrons. The fourth-order valence-electron chi connectivity index (χ4n) is 2.59. The van der Waals surface area contributed by atoms with E-state index in [1.165, 1.54) is 11.5 Å². The Labute approximate surface area is 135 Å². The molecule has 10 heteroatoms. The second-order valence-corrected chi connectivity index (χ2v) is 6.35. The molecule has 0 bridgehead atoms. The van der Waals surface area contributed by atoms with Crippen LogP contribution in [0.4, 0.5) is 18.3 Å². The second kappa shape index (κ2) is 6.06. The molecule has 0 saturated heterocycles. The van der Waals surface area contributed by atoms with Crippen LogP contribution >= 0.6 is 11.5 Å². The lowest BCUT2D eigenvalue weighted by molar-refractivity contribution is -0.182. The Hall–Kier alpha value is -1.71. The zero-order valence-corrected chi connectivity index (χ0v) is 13.7. The second-order valence-electron chi connectivity index (χ2n) is 5.62. The van der Waals surface area contributed by atoms with Crippen LogP contribution in [0.1, 0.15) is 30.8 Å². The Morgan fingerprint density at radius 1 is 1.35 bits per heavy atom. The molecule has 1 unspecified atom stereocenters. The molecule has 23 heavy (non-hydrogen) atoms. The van der Waals surface area contributed by atoms with Gasteiger partial charge in [0.15, 0.2) is 5.82 Å². The van der Waals surface area contributed by atoms with Gasteiger partial charge in [-0.1, -0.05) is 6.92 Å². The van der Waals surface area contributed by atoms with Crippen molar-refractivity contribution in [3.63, 3.8) is 0 Å². The monoisotopic (exact) mass is 346 g/mol. The minimum atomic E-state index is -4.18. The predicted octanol–water partition coefficient (Wildman–Crippen LogP) is 2.45. The van der Waals surface area contributed by atoms with Crippen LogP contribution in [0.25, 0.3) is 0 Å². The standard InChI is InChI=1S/C13H17F3N6S/c1-3-9-17-12(23-20-9)21(2)7-11-19-18-10-5-4-8(6-22(10)11)13(14,15)16/h8H,3-7H2,1-2H3. The minimum absolute atomic E-state index is 0.0771. The summed E-state index contributed by atoms with van der Waals surface area (Å²) >= 11 is 1.27. The molecule has 3 heterocycles. The van der Waals surface area contributed by atoms with Crippen molar-refractivity contribution in [3.8, 4) is 0 Å². The summed E-state index contributed by atoms with van der Waals surface area (Å²) in [4.78, 5) is 6.21. The fraction of sp³-hybridized carbons (Fsp3) is 0.692. The van der Waals surface area contributed by atoms with Crippen molar-refractivity contribution in [2.75, 3.05) is 11.9 Å². The molecule has 2 aromatic heterocycles. The molecule has 3 rings (SSSR count). The number of hydrogen-bond donors (Lipinski definition) is 0. The summed E-state index contributed by atoms with van der Waals surface area (Å²) in [6.45, 7) is 2.22. The Bertz CT molecular complexity index is 680. The van der Waals surface area contributed by atoms with Gasteiger partial charge in [-0.15, -0.1) is 10.2 Å². The molecule has 2 aromatic rings. The van der Waals surface area contributed by atoms with E-state index in [-0.39, 0.29) is 13.0 Å². The van der Waals surface area contributed by atoms with Crippen molar-refractivity contribution in [3.05, 3.63) is 17.5 Å². The van der Waals surface area contributed by atoms with E-state index >= 15 is 0 Å². The van der Waals surface area contributed by atoms with Gasteiger partial charge in [0.1, 0.15) is 11.6 Å². The molecule has 1 aliphatic heterocycles. The Morgan fingerprint density at radius 2 is 2.13 bits per heavy atom. The lowest BCUT2D eigenvalue weighted by Crippen LogP contribution is -2.33. The van der Waals surface area contributed by atoms with Crippen molar-refractivity contribution in [1.82, 2.24) is 24.1 Å². The molecule has 0 N–H and O–H groups in total. The molecule has 1 aliphatic rings. The van der Waals surface area contributed by atoms with Crippen LogP contribution in [0.5, 0.6) is 0 Å². The quantitative estimate of drug-likeness (QED) is 0.851. The summed E-state index contributed by atoms with van der Waals surface area (Å²) in [6.07, 6.45) is -3.05. The highest BCUT2D eigenvalue weighted by Gasteiger charge is 2.42. The van der Waals surface area contributed by atoms with Gasteiger partial charge >= 0.3 is 6.18 Å². The van der Waals surface area contributed by atoms with Crippen molar-refractivity contribution in [2.24, 2.45) is 5.92 Å². The highest BCUT2D eigenvalue weighted by molar-refractivity contribution is 7.09.